The third-order valence-electron chi connectivity index (χ3n) is 6.78. The summed E-state index contributed by atoms with van der Waals surface area (Å²) in [4.78, 5) is 15.3. The molecule has 1 aromatic carbocycles. The van der Waals surface area contributed by atoms with E-state index < -0.39 is 17.7 Å². The summed E-state index contributed by atoms with van der Waals surface area (Å²) in [5.41, 5.74) is -0.234. The van der Waals surface area contributed by atoms with Crippen molar-refractivity contribution in [2.45, 2.75) is 48.5 Å². The fourth-order valence-corrected chi connectivity index (χ4v) is 6.11. The molecule has 5 atom stereocenters. The van der Waals surface area contributed by atoms with Crippen LogP contribution in [0, 0.1) is 0 Å². The zero-order valence-corrected chi connectivity index (χ0v) is 12.5. The van der Waals surface area contributed by atoms with E-state index >= 15 is 0 Å². The van der Waals surface area contributed by atoms with Gasteiger partial charge in [0.05, 0.1) is 6.10 Å². The number of nitrogens with zero attached hydrogens (tertiary/aromatic N) is 1. The molecular weight excluding hydrogens is 298 g/mol. The minimum Gasteiger partial charge on any atom is -0.454 e. The number of carbonyl (C=O) groups excluding carboxylic acids is 1. The van der Waals surface area contributed by atoms with Gasteiger partial charge in [0, 0.05) is 17.0 Å². The highest BCUT2D eigenvalue weighted by molar-refractivity contribution is 6.06. The van der Waals surface area contributed by atoms with Crippen LogP contribution in [0.1, 0.15) is 41.1 Å². The molecule has 1 spiro atoms. The van der Waals surface area contributed by atoms with Gasteiger partial charge in [0.15, 0.2) is 17.3 Å². The van der Waals surface area contributed by atoms with Gasteiger partial charge >= 0.3 is 0 Å². The molecule has 2 saturated heterocycles. The number of carbonyl (C=O) groups is 1. The average molecular weight is 315 g/mol. The van der Waals surface area contributed by atoms with Crippen molar-refractivity contribution < 1.29 is 24.5 Å². The molecule has 6 nitrogen and oxygen atoms in total. The number of rotatable bonds is 0. The SMILES string of the molecule is O=C1c2cc3c(cc2[C@@H]2[C@@]4(O)[C@@H](O)C[C@@]25CCCN5[C@H]14)OCO3. The Bertz CT molecular complexity index is 778. The predicted octanol–water partition coefficient (Wildman–Crippen LogP) is 0.408. The Morgan fingerprint density at radius 3 is 2.87 bits per heavy atom. The Kier molecular flexibility index (Phi) is 1.97. The molecule has 3 aliphatic heterocycles. The van der Waals surface area contributed by atoms with E-state index in [-0.39, 0.29) is 24.0 Å². The first kappa shape index (κ1) is 12.8. The smallest absolute Gasteiger partial charge is 0.231 e. The number of hydrogen-bond donors (Lipinski definition) is 2. The highest BCUT2D eigenvalue weighted by Gasteiger charge is 2.79. The van der Waals surface area contributed by atoms with E-state index in [1.807, 2.05) is 6.07 Å². The molecule has 120 valence electrons. The molecule has 0 unspecified atom stereocenters. The Morgan fingerprint density at radius 1 is 1.26 bits per heavy atom. The van der Waals surface area contributed by atoms with E-state index in [1.54, 1.807) is 6.07 Å². The maximum absolute atomic E-state index is 13.1. The van der Waals surface area contributed by atoms with Crippen LogP contribution >= 0.6 is 0 Å². The lowest BCUT2D eigenvalue weighted by Gasteiger charge is -2.42. The van der Waals surface area contributed by atoms with Gasteiger partial charge in [0.25, 0.3) is 0 Å². The van der Waals surface area contributed by atoms with Gasteiger partial charge in [-0.05, 0) is 43.5 Å². The van der Waals surface area contributed by atoms with E-state index in [9.17, 15) is 15.0 Å². The van der Waals surface area contributed by atoms with Crippen molar-refractivity contribution in [1.82, 2.24) is 4.90 Å². The summed E-state index contributed by atoms with van der Waals surface area (Å²) in [6, 6.07) is 2.97. The van der Waals surface area contributed by atoms with Gasteiger partial charge in [-0.15, -0.1) is 0 Å². The standard InChI is InChI=1S/C17H17NO5/c19-12-6-16-2-1-3-18(16)15-13(20)8-4-10-11(23-7-22-10)5-9(8)14(16)17(12,15)21/h4-5,12,14-15,19,21H,1-3,6-7H2/t12-,14-,15+,16-,17-/m0/s1. The number of aliphatic hydroxyl groups is 2. The first-order valence-corrected chi connectivity index (χ1v) is 8.22. The van der Waals surface area contributed by atoms with Crippen LogP contribution in [0.4, 0.5) is 0 Å². The number of fused-ring (bicyclic) bond motifs is 3. The molecule has 6 rings (SSSR count). The lowest BCUT2D eigenvalue weighted by molar-refractivity contribution is -0.0994. The first-order valence-electron chi connectivity index (χ1n) is 8.22. The molecular formula is C17H17NO5. The Hall–Kier alpha value is -1.63. The molecule has 3 heterocycles. The van der Waals surface area contributed by atoms with Gasteiger partial charge in [-0.25, -0.2) is 0 Å². The number of hydrogen-bond acceptors (Lipinski definition) is 6. The molecule has 2 N–H and O–H groups in total. The molecule has 2 aliphatic carbocycles. The molecule has 0 radical (unpaired) electrons. The van der Waals surface area contributed by atoms with Crippen molar-refractivity contribution in [3.63, 3.8) is 0 Å². The first-order chi connectivity index (χ1) is 11.1. The van der Waals surface area contributed by atoms with E-state index in [0.717, 1.165) is 24.9 Å². The monoisotopic (exact) mass is 315 g/mol. The van der Waals surface area contributed by atoms with Crippen LogP contribution in [0.15, 0.2) is 12.1 Å². The molecule has 6 heteroatoms. The van der Waals surface area contributed by atoms with Gasteiger partial charge in [0.2, 0.25) is 6.79 Å². The van der Waals surface area contributed by atoms with Crippen LogP contribution in [0.5, 0.6) is 11.5 Å². The maximum Gasteiger partial charge on any atom is 0.231 e. The molecule has 5 aliphatic rings. The summed E-state index contributed by atoms with van der Waals surface area (Å²) < 4.78 is 10.9. The largest absolute Gasteiger partial charge is 0.454 e. The Balaban J connectivity index is 1.67. The summed E-state index contributed by atoms with van der Waals surface area (Å²) >= 11 is 0. The highest BCUT2D eigenvalue weighted by Crippen LogP contribution is 2.68. The molecule has 23 heavy (non-hydrogen) atoms. The van der Waals surface area contributed by atoms with Crippen LogP contribution in [0.2, 0.25) is 0 Å². The van der Waals surface area contributed by atoms with Crippen LogP contribution in [-0.2, 0) is 0 Å². The van der Waals surface area contributed by atoms with E-state index in [1.165, 1.54) is 0 Å². The second-order valence-corrected chi connectivity index (χ2v) is 7.50. The summed E-state index contributed by atoms with van der Waals surface area (Å²) in [6.07, 6.45) is 1.60. The van der Waals surface area contributed by atoms with Crippen molar-refractivity contribution >= 4 is 5.78 Å². The van der Waals surface area contributed by atoms with Crippen LogP contribution in [0.25, 0.3) is 0 Å². The number of aliphatic hydroxyl groups excluding tert-OH is 1. The molecule has 0 aromatic heterocycles. The van der Waals surface area contributed by atoms with E-state index in [0.29, 0.717) is 23.5 Å². The Morgan fingerprint density at radius 2 is 2.04 bits per heavy atom. The second-order valence-electron chi connectivity index (χ2n) is 7.50. The van der Waals surface area contributed by atoms with E-state index in [4.69, 9.17) is 9.47 Å². The number of benzene rings is 1. The lowest BCUT2D eigenvalue weighted by atomic mass is 9.69. The zero-order chi connectivity index (χ0) is 15.6. The second kappa shape index (κ2) is 3.55. The van der Waals surface area contributed by atoms with Gasteiger partial charge in [-0.2, -0.15) is 0 Å². The maximum atomic E-state index is 13.1. The number of piperidine rings is 1. The van der Waals surface area contributed by atoms with Crippen molar-refractivity contribution in [3.8, 4) is 11.5 Å². The van der Waals surface area contributed by atoms with Gasteiger partial charge < -0.3 is 19.7 Å². The predicted molar refractivity (Wildman–Crippen MR) is 77.7 cm³/mol. The molecule has 1 aromatic rings. The number of ketones is 1. The minimum atomic E-state index is -1.38. The van der Waals surface area contributed by atoms with Crippen molar-refractivity contribution in [2.75, 3.05) is 13.3 Å². The molecule has 0 amide bonds. The molecule has 3 fully saturated rings. The number of ether oxygens (including phenoxy) is 2. The van der Waals surface area contributed by atoms with Gasteiger partial charge in [-0.3, -0.25) is 9.69 Å². The third kappa shape index (κ3) is 1.12. The van der Waals surface area contributed by atoms with Crippen LogP contribution < -0.4 is 9.47 Å². The number of Topliss-reactive ketones (excluding diaryl/α,β-unsaturated/α-hetero) is 1. The summed E-state index contributed by atoms with van der Waals surface area (Å²) in [5.74, 6) is 0.885. The van der Waals surface area contributed by atoms with Crippen LogP contribution in [-0.4, -0.2) is 57.5 Å². The molecule has 1 saturated carbocycles. The van der Waals surface area contributed by atoms with Gasteiger partial charge in [-0.1, -0.05) is 0 Å². The fraction of sp³-hybridized carbons (Fsp3) is 0.588. The van der Waals surface area contributed by atoms with Crippen LogP contribution in [0.3, 0.4) is 0 Å². The third-order valence-corrected chi connectivity index (χ3v) is 6.78. The summed E-state index contributed by atoms with van der Waals surface area (Å²) in [5, 5.41) is 21.9. The zero-order valence-electron chi connectivity index (χ0n) is 12.5. The average Bonchev–Trinajstić information content (AvgIpc) is 3.20. The quantitative estimate of drug-likeness (QED) is 0.722. The lowest BCUT2D eigenvalue weighted by Crippen LogP contribution is -2.61. The fourth-order valence-electron chi connectivity index (χ4n) is 6.11. The summed E-state index contributed by atoms with van der Waals surface area (Å²) in [6.45, 7) is 0.966. The van der Waals surface area contributed by atoms with Crippen molar-refractivity contribution in [2.24, 2.45) is 0 Å². The normalized spacial score (nSPS) is 45.5. The minimum absolute atomic E-state index is 0.0976. The topological polar surface area (TPSA) is 79.2 Å². The summed E-state index contributed by atoms with van der Waals surface area (Å²) in [7, 11) is 0. The molecule has 4 bridgehead atoms. The van der Waals surface area contributed by atoms with E-state index in [2.05, 4.69) is 4.90 Å². The highest BCUT2D eigenvalue weighted by atomic mass is 16.7. The van der Waals surface area contributed by atoms with Crippen molar-refractivity contribution in [1.29, 1.82) is 0 Å². The Labute approximate surface area is 132 Å². The van der Waals surface area contributed by atoms with Crippen molar-refractivity contribution in [3.05, 3.63) is 23.3 Å². The van der Waals surface area contributed by atoms with Gasteiger partial charge in [0.1, 0.15) is 11.6 Å².